The van der Waals surface area contributed by atoms with Crippen molar-refractivity contribution in [1.82, 2.24) is 4.98 Å². The Morgan fingerprint density at radius 1 is 1.19 bits per heavy atom. The molecule has 0 saturated carbocycles. The molecule has 0 bridgehead atoms. The minimum absolute atomic E-state index is 0.0412. The van der Waals surface area contributed by atoms with Gasteiger partial charge in [-0.25, -0.2) is 9.78 Å². The number of pyridine rings is 1. The number of halogens is 2. The molecule has 1 heterocycles. The van der Waals surface area contributed by atoms with Crippen LogP contribution in [0.2, 0.25) is 10.0 Å². The molecule has 0 N–H and O–H groups in total. The maximum absolute atomic E-state index is 12.2. The van der Waals surface area contributed by atoms with E-state index >= 15 is 0 Å². The van der Waals surface area contributed by atoms with Gasteiger partial charge in [-0.15, -0.1) is 0 Å². The van der Waals surface area contributed by atoms with Gasteiger partial charge >= 0.3 is 11.7 Å². The number of ether oxygens (including phenoxy) is 2. The Morgan fingerprint density at radius 3 is 2.67 bits per heavy atom. The van der Waals surface area contributed by atoms with Crippen LogP contribution in [0.1, 0.15) is 5.69 Å². The highest BCUT2D eigenvalue weighted by atomic mass is 35.5. The lowest BCUT2D eigenvalue weighted by Crippen LogP contribution is -2.18. The van der Waals surface area contributed by atoms with Crippen molar-refractivity contribution in [2.45, 2.75) is 6.92 Å². The SMILES string of the molecule is Cc1ccc2c(Cl)cc(Cl)c(OC(=O)COc3ccccc3[N+](=O)[O-])c2n1. The van der Waals surface area contributed by atoms with E-state index < -0.39 is 17.5 Å². The molecule has 0 atom stereocenters. The fourth-order valence-corrected chi connectivity index (χ4v) is 2.95. The number of rotatable bonds is 5. The summed E-state index contributed by atoms with van der Waals surface area (Å²) in [6.45, 7) is 1.23. The predicted octanol–water partition coefficient (Wildman–Crippen LogP) is 4.74. The number of hydrogen-bond donors (Lipinski definition) is 0. The van der Waals surface area contributed by atoms with Crippen molar-refractivity contribution >= 4 is 45.8 Å². The molecule has 3 rings (SSSR count). The summed E-state index contributed by atoms with van der Waals surface area (Å²) >= 11 is 12.3. The summed E-state index contributed by atoms with van der Waals surface area (Å²) in [6, 6.07) is 10.7. The van der Waals surface area contributed by atoms with Gasteiger partial charge < -0.3 is 9.47 Å². The number of hydrogen-bond acceptors (Lipinski definition) is 6. The average molecular weight is 407 g/mol. The number of esters is 1. The molecule has 7 nitrogen and oxygen atoms in total. The number of nitro groups is 1. The van der Waals surface area contributed by atoms with Crippen molar-refractivity contribution in [3.63, 3.8) is 0 Å². The van der Waals surface area contributed by atoms with E-state index in [-0.39, 0.29) is 22.2 Å². The highest BCUT2D eigenvalue weighted by molar-refractivity contribution is 6.39. The lowest BCUT2D eigenvalue weighted by atomic mass is 10.2. The van der Waals surface area contributed by atoms with Crippen LogP contribution in [-0.2, 0) is 4.79 Å². The van der Waals surface area contributed by atoms with E-state index in [0.29, 0.717) is 21.6 Å². The Balaban J connectivity index is 1.83. The van der Waals surface area contributed by atoms with E-state index in [2.05, 4.69) is 4.98 Å². The van der Waals surface area contributed by atoms with E-state index in [1.807, 2.05) is 0 Å². The van der Waals surface area contributed by atoms with Gasteiger partial charge in [-0.05, 0) is 31.2 Å². The number of aromatic nitrogens is 1. The second-order valence-electron chi connectivity index (χ2n) is 5.51. The Labute approximate surface area is 163 Å². The van der Waals surface area contributed by atoms with Crippen LogP contribution in [0, 0.1) is 17.0 Å². The Hall–Kier alpha value is -2.90. The largest absolute Gasteiger partial charge is 0.475 e. The second-order valence-corrected chi connectivity index (χ2v) is 6.32. The van der Waals surface area contributed by atoms with Crippen LogP contribution in [0.3, 0.4) is 0 Å². The fourth-order valence-electron chi connectivity index (χ4n) is 2.40. The Bertz CT molecular complexity index is 1060. The molecule has 0 fully saturated rings. The van der Waals surface area contributed by atoms with Gasteiger partial charge in [0.15, 0.2) is 18.1 Å². The van der Waals surface area contributed by atoms with E-state index in [4.69, 9.17) is 32.7 Å². The van der Waals surface area contributed by atoms with Gasteiger partial charge in [0.1, 0.15) is 5.52 Å². The summed E-state index contributed by atoms with van der Waals surface area (Å²) in [4.78, 5) is 26.9. The third-order valence-corrected chi connectivity index (χ3v) is 4.19. The molecular weight excluding hydrogens is 395 g/mol. The lowest BCUT2D eigenvalue weighted by molar-refractivity contribution is -0.385. The molecule has 0 unspecified atom stereocenters. The highest BCUT2D eigenvalue weighted by Gasteiger charge is 2.19. The van der Waals surface area contributed by atoms with E-state index in [1.165, 1.54) is 24.3 Å². The summed E-state index contributed by atoms with van der Waals surface area (Å²) in [5.41, 5.74) is 0.776. The quantitative estimate of drug-likeness (QED) is 0.263. The topological polar surface area (TPSA) is 91.6 Å². The van der Waals surface area contributed by atoms with Crippen molar-refractivity contribution in [3.05, 3.63) is 68.3 Å². The number of carbonyl (C=O) groups is 1. The summed E-state index contributed by atoms with van der Waals surface area (Å²) in [6.07, 6.45) is 0. The van der Waals surface area contributed by atoms with Crippen LogP contribution in [-0.4, -0.2) is 22.5 Å². The third-order valence-electron chi connectivity index (χ3n) is 3.60. The van der Waals surface area contributed by atoms with Crippen LogP contribution in [0.15, 0.2) is 42.5 Å². The van der Waals surface area contributed by atoms with Gasteiger partial charge in [0, 0.05) is 17.1 Å². The molecule has 9 heteroatoms. The van der Waals surface area contributed by atoms with E-state index in [9.17, 15) is 14.9 Å². The maximum atomic E-state index is 12.2. The summed E-state index contributed by atoms with van der Waals surface area (Å²) in [5, 5.41) is 12.1. The molecule has 0 aliphatic rings. The fraction of sp³-hybridized carbons (Fsp3) is 0.111. The summed E-state index contributed by atoms with van der Waals surface area (Å²) < 4.78 is 10.5. The molecule has 0 saturated heterocycles. The number of nitrogens with zero attached hydrogens (tertiary/aromatic N) is 2. The van der Waals surface area contributed by atoms with E-state index in [0.717, 1.165) is 0 Å². The van der Waals surface area contributed by atoms with Gasteiger partial charge in [0.25, 0.3) is 0 Å². The van der Waals surface area contributed by atoms with Crippen molar-refractivity contribution in [2.24, 2.45) is 0 Å². The van der Waals surface area contributed by atoms with Gasteiger partial charge in [0.05, 0.1) is 15.0 Å². The normalized spacial score (nSPS) is 10.6. The number of fused-ring (bicyclic) bond motifs is 1. The maximum Gasteiger partial charge on any atom is 0.349 e. The molecule has 1 aromatic heterocycles. The van der Waals surface area contributed by atoms with Crippen molar-refractivity contribution in [1.29, 1.82) is 0 Å². The van der Waals surface area contributed by atoms with E-state index in [1.54, 1.807) is 25.1 Å². The smallest absolute Gasteiger partial charge is 0.349 e. The number of para-hydroxylation sites is 2. The molecule has 0 spiro atoms. The Kier molecular flexibility index (Phi) is 5.43. The average Bonchev–Trinajstić information content (AvgIpc) is 2.63. The zero-order valence-corrected chi connectivity index (χ0v) is 15.5. The standard InChI is InChI=1S/C18H12Cl2N2O5/c1-10-6-7-11-12(19)8-13(20)18(17(11)21-10)27-16(23)9-26-15-5-3-2-4-14(15)22(24)25/h2-8H,9H2,1H3. The summed E-state index contributed by atoms with van der Waals surface area (Å²) in [5.74, 6) is -0.779. The molecule has 0 aliphatic heterocycles. The van der Waals surface area contributed by atoms with Crippen LogP contribution in [0.25, 0.3) is 10.9 Å². The number of benzene rings is 2. The first-order chi connectivity index (χ1) is 12.9. The van der Waals surface area contributed by atoms with Crippen molar-refractivity contribution < 1.29 is 19.2 Å². The zero-order chi connectivity index (χ0) is 19.6. The van der Waals surface area contributed by atoms with Crippen LogP contribution >= 0.6 is 23.2 Å². The van der Waals surface area contributed by atoms with Crippen LogP contribution in [0.5, 0.6) is 11.5 Å². The third kappa shape index (κ3) is 4.10. The minimum Gasteiger partial charge on any atom is -0.475 e. The minimum atomic E-state index is -0.790. The van der Waals surface area contributed by atoms with Crippen molar-refractivity contribution in [2.75, 3.05) is 6.61 Å². The number of aryl methyl sites for hydroxylation is 1. The summed E-state index contributed by atoms with van der Waals surface area (Å²) in [7, 11) is 0. The molecular formula is C18H12Cl2N2O5. The first kappa shape index (κ1) is 18.9. The molecule has 2 aromatic carbocycles. The first-order valence-electron chi connectivity index (χ1n) is 7.69. The Morgan fingerprint density at radius 2 is 1.93 bits per heavy atom. The lowest BCUT2D eigenvalue weighted by Gasteiger charge is -2.11. The molecule has 27 heavy (non-hydrogen) atoms. The van der Waals surface area contributed by atoms with Gasteiger partial charge in [-0.1, -0.05) is 35.3 Å². The predicted molar refractivity (Wildman–Crippen MR) is 101 cm³/mol. The van der Waals surface area contributed by atoms with Gasteiger partial charge in [0.2, 0.25) is 0 Å². The molecule has 0 radical (unpaired) electrons. The van der Waals surface area contributed by atoms with Gasteiger partial charge in [-0.2, -0.15) is 0 Å². The van der Waals surface area contributed by atoms with Crippen molar-refractivity contribution in [3.8, 4) is 11.5 Å². The van der Waals surface area contributed by atoms with Crippen LogP contribution < -0.4 is 9.47 Å². The van der Waals surface area contributed by atoms with Gasteiger partial charge in [-0.3, -0.25) is 10.1 Å². The molecule has 0 aliphatic carbocycles. The molecule has 3 aromatic rings. The molecule has 0 amide bonds. The second kappa shape index (κ2) is 7.77. The number of nitro benzene ring substituents is 1. The molecule has 138 valence electrons. The first-order valence-corrected chi connectivity index (χ1v) is 8.44. The number of carbonyl (C=O) groups excluding carboxylic acids is 1. The zero-order valence-electron chi connectivity index (χ0n) is 13.9. The highest BCUT2D eigenvalue weighted by Crippen LogP contribution is 2.37. The monoisotopic (exact) mass is 406 g/mol. The van der Waals surface area contributed by atoms with Crippen LogP contribution in [0.4, 0.5) is 5.69 Å².